The highest BCUT2D eigenvalue weighted by atomic mass is 28.3. The van der Waals surface area contributed by atoms with Crippen molar-refractivity contribution in [3.05, 3.63) is 255 Å². The average Bonchev–Trinajstić information content (AvgIpc) is 3.89. The first-order chi connectivity index (χ1) is 31.3. The minimum atomic E-state index is -2.96. The molecule has 12 aromatic rings. The molecule has 2 nitrogen and oxygen atoms in total. The van der Waals surface area contributed by atoms with Crippen LogP contribution in [0.1, 0.15) is 0 Å². The highest BCUT2D eigenvalue weighted by Crippen LogP contribution is 2.42. The van der Waals surface area contributed by atoms with Crippen molar-refractivity contribution in [2.75, 3.05) is 0 Å². The normalized spacial score (nSPS) is 11.8. The van der Waals surface area contributed by atoms with E-state index in [0.29, 0.717) is 0 Å². The Balaban J connectivity index is 1.21. The summed E-state index contributed by atoms with van der Waals surface area (Å²) in [6.45, 7) is 0. The zero-order valence-electron chi connectivity index (χ0n) is 34.6. The summed E-state index contributed by atoms with van der Waals surface area (Å²) >= 11 is 0. The molecule has 3 heteroatoms. The molecule has 63 heavy (non-hydrogen) atoms. The SMILES string of the molecule is c1ccc(-c2ccc(-n3c4ccccc4c4cc(-n5c6ccccc6c6cccc([Si](c7ccccc7)(c7ccccc7)c7ccccc7)c65)cc(-c5ccccc5)c43)cc2)cc1. The van der Waals surface area contributed by atoms with Crippen LogP contribution in [0.2, 0.25) is 0 Å². The van der Waals surface area contributed by atoms with Crippen LogP contribution in [0.25, 0.3) is 77.2 Å². The lowest BCUT2D eigenvalue weighted by Gasteiger charge is -2.35. The summed E-state index contributed by atoms with van der Waals surface area (Å²) in [6, 6.07) is 94.4. The maximum absolute atomic E-state index is 2.96. The predicted octanol–water partition coefficient (Wildman–Crippen LogP) is 12.6. The highest BCUT2D eigenvalue weighted by molar-refractivity contribution is 7.20. The number of benzene rings is 10. The van der Waals surface area contributed by atoms with E-state index in [0.717, 1.165) is 11.4 Å². The summed E-state index contributed by atoms with van der Waals surface area (Å²) in [5, 5.41) is 10.4. The number of hydrogen-bond donors (Lipinski definition) is 0. The summed E-state index contributed by atoms with van der Waals surface area (Å²) in [4.78, 5) is 0. The molecule has 0 aliphatic rings. The van der Waals surface area contributed by atoms with E-state index in [1.165, 1.54) is 86.6 Å². The molecule has 0 aliphatic heterocycles. The highest BCUT2D eigenvalue weighted by Gasteiger charge is 2.43. The Morgan fingerprint density at radius 2 is 0.698 bits per heavy atom. The van der Waals surface area contributed by atoms with E-state index >= 15 is 0 Å². The molecule has 0 unspecified atom stereocenters. The van der Waals surface area contributed by atoms with Crippen molar-refractivity contribution < 1.29 is 0 Å². The van der Waals surface area contributed by atoms with Gasteiger partial charge in [-0.1, -0.05) is 218 Å². The Labute approximate surface area is 368 Å². The molecule has 2 heterocycles. The van der Waals surface area contributed by atoms with Crippen molar-refractivity contribution in [3.63, 3.8) is 0 Å². The van der Waals surface area contributed by atoms with Crippen molar-refractivity contribution in [1.82, 2.24) is 9.13 Å². The maximum atomic E-state index is 2.59. The van der Waals surface area contributed by atoms with Crippen LogP contribution in [0.4, 0.5) is 0 Å². The third-order valence-corrected chi connectivity index (χ3v) is 17.9. The van der Waals surface area contributed by atoms with Gasteiger partial charge in [0, 0.05) is 38.5 Å². The second kappa shape index (κ2) is 15.2. The fraction of sp³-hybridized carbons (Fsp3) is 0. The molecule has 12 rings (SSSR count). The molecule has 10 aromatic carbocycles. The van der Waals surface area contributed by atoms with Crippen LogP contribution in [-0.4, -0.2) is 17.2 Å². The minimum Gasteiger partial charge on any atom is -0.309 e. The molecule has 0 saturated heterocycles. The first-order valence-corrected chi connectivity index (χ1v) is 23.8. The third-order valence-electron chi connectivity index (χ3n) is 13.0. The lowest BCUT2D eigenvalue weighted by atomic mass is 10.0. The van der Waals surface area contributed by atoms with E-state index in [9.17, 15) is 0 Å². The van der Waals surface area contributed by atoms with Gasteiger partial charge in [0.1, 0.15) is 0 Å². The van der Waals surface area contributed by atoms with Gasteiger partial charge in [0.2, 0.25) is 0 Å². The van der Waals surface area contributed by atoms with Crippen molar-refractivity contribution in [3.8, 4) is 33.6 Å². The van der Waals surface area contributed by atoms with Gasteiger partial charge < -0.3 is 9.13 Å². The van der Waals surface area contributed by atoms with Crippen molar-refractivity contribution in [2.45, 2.75) is 0 Å². The Bertz CT molecular complexity index is 3480. The van der Waals surface area contributed by atoms with Gasteiger partial charge in [0.15, 0.2) is 8.07 Å². The molecule has 296 valence electrons. The second-order valence-corrected chi connectivity index (χ2v) is 20.2. The summed E-state index contributed by atoms with van der Waals surface area (Å²) < 4.78 is 5.06. The molecule has 0 spiro atoms. The van der Waals surface area contributed by atoms with Gasteiger partial charge in [-0.25, -0.2) is 0 Å². The van der Waals surface area contributed by atoms with Crippen LogP contribution >= 0.6 is 0 Å². The molecule has 0 bridgehead atoms. The molecule has 0 atom stereocenters. The quantitative estimate of drug-likeness (QED) is 0.107. The van der Waals surface area contributed by atoms with E-state index in [1.54, 1.807) is 0 Å². The first kappa shape index (κ1) is 36.8. The van der Waals surface area contributed by atoms with Gasteiger partial charge >= 0.3 is 0 Å². The van der Waals surface area contributed by atoms with Crippen LogP contribution in [0.3, 0.4) is 0 Å². The Kier molecular flexibility index (Phi) is 8.87. The maximum Gasteiger partial charge on any atom is 0.181 e. The monoisotopic (exact) mass is 818 g/mol. The molecular formula is C60H42N2Si. The van der Waals surface area contributed by atoms with Crippen LogP contribution in [0.5, 0.6) is 0 Å². The van der Waals surface area contributed by atoms with E-state index in [4.69, 9.17) is 0 Å². The topological polar surface area (TPSA) is 9.86 Å². The first-order valence-electron chi connectivity index (χ1n) is 21.8. The lowest BCUT2D eigenvalue weighted by Crippen LogP contribution is -2.75. The van der Waals surface area contributed by atoms with Crippen LogP contribution in [0.15, 0.2) is 255 Å². The van der Waals surface area contributed by atoms with Gasteiger partial charge in [-0.05, 0) is 73.8 Å². The zero-order valence-corrected chi connectivity index (χ0v) is 35.6. The van der Waals surface area contributed by atoms with Gasteiger partial charge in [0.25, 0.3) is 0 Å². The molecule has 0 N–H and O–H groups in total. The van der Waals surface area contributed by atoms with E-state index < -0.39 is 8.07 Å². The van der Waals surface area contributed by atoms with E-state index in [1.807, 2.05) is 0 Å². The standard InChI is InChI=1S/C60H42N2Si/c1-6-21-43(22-7-1)44-37-39-46(40-38-44)61-57-35-19-17-32-52(57)55-42-47(41-54(59(55)61)45-23-8-2-9-24-45)62-56-34-18-16-31-51(56)53-33-20-36-58(60(53)62)63(48-25-10-3-11-26-48,49-27-12-4-13-28-49)50-29-14-5-15-30-50/h1-42H. The van der Waals surface area contributed by atoms with Crippen molar-refractivity contribution in [1.29, 1.82) is 0 Å². The summed E-state index contributed by atoms with van der Waals surface area (Å²) in [5.74, 6) is 0. The summed E-state index contributed by atoms with van der Waals surface area (Å²) in [6.07, 6.45) is 0. The second-order valence-electron chi connectivity index (χ2n) is 16.4. The third kappa shape index (κ3) is 5.85. The van der Waals surface area contributed by atoms with Gasteiger partial charge in [-0.15, -0.1) is 0 Å². The molecule has 0 radical (unpaired) electrons. The minimum absolute atomic E-state index is 1.13. The van der Waals surface area contributed by atoms with Crippen molar-refractivity contribution >= 4 is 72.4 Å². The molecule has 0 amide bonds. The fourth-order valence-electron chi connectivity index (χ4n) is 10.4. The number of fused-ring (bicyclic) bond motifs is 6. The Morgan fingerprint density at radius 1 is 0.270 bits per heavy atom. The summed E-state index contributed by atoms with van der Waals surface area (Å²) in [7, 11) is -2.96. The van der Waals surface area contributed by atoms with Crippen LogP contribution in [-0.2, 0) is 0 Å². The zero-order chi connectivity index (χ0) is 41.7. The summed E-state index contributed by atoms with van der Waals surface area (Å²) in [5.41, 5.74) is 11.9. The van der Waals surface area contributed by atoms with Gasteiger partial charge in [-0.3, -0.25) is 0 Å². The number of para-hydroxylation sites is 3. The molecule has 2 aromatic heterocycles. The molecule has 0 saturated carbocycles. The van der Waals surface area contributed by atoms with Gasteiger partial charge in [0.05, 0.1) is 22.1 Å². The van der Waals surface area contributed by atoms with Crippen LogP contribution in [0, 0.1) is 0 Å². The largest absolute Gasteiger partial charge is 0.309 e. The molecule has 0 fully saturated rings. The van der Waals surface area contributed by atoms with E-state index in [-0.39, 0.29) is 0 Å². The van der Waals surface area contributed by atoms with E-state index in [2.05, 4.69) is 264 Å². The van der Waals surface area contributed by atoms with Gasteiger partial charge in [-0.2, -0.15) is 0 Å². The lowest BCUT2D eigenvalue weighted by molar-refractivity contribution is 1.17. The Hall–Kier alpha value is -7.98. The number of nitrogens with zero attached hydrogens (tertiary/aromatic N) is 2. The Morgan fingerprint density at radius 3 is 1.25 bits per heavy atom. The smallest absolute Gasteiger partial charge is 0.181 e. The molecular weight excluding hydrogens is 777 g/mol. The van der Waals surface area contributed by atoms with Crippen molar-refractivity contribution in [2.24, 2.45) is 0 Å². The average molecular weight is 819 g/mol. The van der Waals surface area contributed by atoms with Crippen LogP contribution < -0.4 is 20.7 Å². The number of rotatable bonds is 8. The number of aromatic nitrogens is 2. The number of hydrogen-bond acceptors (Lipinski definition) is 0. The fourth-order valence-corrected chi connectivity index (χ4v) is 15.3. The molecule has 0 aliphatic carbocycles. The predicted molar refractivity (Wildman–Crippen MR) is 270 cm³/mol.